The minimum absolute atomic E-state index is 0.0434. The van der Waals surface area contributed by atoms with Gasteiger partial charge in [0.1, 0.15) is 41.3 Å². The number of carbonyl (C=O) groups is 3. The number of alkyl halides is 3. The number of nitrogens with one attached hydrogen (secondary N) is 2. The fourth-order valence-corrected chi connectivity index (χ4v) is 5.20. The van der Waals surface area contributed by atoms with Gasteiger partial charge >= 0.3 is 12.1 Å². The van der Waals surface area contributed by atoms with Crippen LogP contribution in [0.15, 0.2) is 61.0 Å². The molecule has 0 radical (unpaired) electrons. The van der Waals surface area contributed by atoms with Crippen molar-refractivity contribution in [2.45, 2.75) is 37.0 Å². The van der Waals surface area contributed by atoms with Crippen LogP contribution >= 0.6 is 0 Å². The molecule has 3 atom stereocenters. The first-order valence-electron chi connectivity index (χ1n) is 12.9. The van der Waals surface area contributed by atoms with E-state index in [0.29, 0.717) is 53.1 Å². The van der Waals surface area contributed by atoms with Gasteiger partial charge in [0.15, 0.2) is 0 Å². The van der Waals surface area contributed by atoms with Crippen LogP contribution in [-0.2, 0) is 31.7 Å². The van der Waals surface area contributed by atoms with E-state index in [2.05, 4.69) is 25.0 Å². The number of nitrogens with zero attached hydrogens (tertiary/aromatic N) is 2. The maximum absolute atomic E-state index is 13.1. The molecule has 1 amide bonds. The molecular weight excluding hydrogens is 573 g/mol. The second-order valence-corrected chi connectivity index (χ2v) is 9.85. The van der Waals surface area contributed by atoms with Crippen LogP contribution in [0.3, 0.4) is 0 Å². The first-order chi connectivity index (χ1) is 20.6. The lowest BCUT2D eigenvalue weighted by molar-refractivity contribution is -0.137. The van der Waals surface area contributed by atoms with Gasteiger partial charge in [-0.15, -0.1) is 0 Å². The molecule has 1 aliphatic carbocycles. The highest BCUT2D eigenvalue weighted by Crippen LogP contribution is 2.63. The molecule has 2 aliphatic heterocycles. The quantitative estimate of drug-likeness (QED) is 0.158. The number of anilines is 1. The first kappa shape index (κ1) is 27.8. The SMILES string of the molecule is O=C1CCc2c(Oc3ccc4c(c3)[C@@H]3C(O4)[C@H]3c3nc4ccc(C(F)(F)F)cc4[nH]3)ccnc2N1.O=CO/C=C\C(=O)O. The van der Waals surface area contributed by atoms with E-state index in [0.717, 1.165) is 35.3 Å². The molecule has 220 valence electrons. The monoisotopic (exact) mass is 594 g/mol. The number of aromatic amines is 1. The number of amides is 1. The maximum Gasteiger partial charge on any atom is 0.416 e. The van der Waals surface area contributed by atoms with Gasteiger partial charge < -0.3 is 29.6 Å². The van der Waals surface area contributed by atoms with E-state index in [1.165, 1.54) is 6.07 Å². The van der Waals surface area contributed by atoms with Gasteiger partial charge in [0, 0.05) is 29.7 Å². The Hall–Kier alpha value is -5.40. The Bertz CT molecular complexity index is 1790. The van der Waals surface area contributed by atoms with Crippen LogP contribution in [0.4, 0.5) is 19.0 Å². The van der Waals surface area contributed by atoms with E-state index in [4.69, 9.17) is 14.6 Å². The summed E-state index contributed by atoms with van der Waals surface area (Å²) in [6.45, 7) is 0.138. The maximum atomic E-state index is 13.1. The van der Waals surface area contributed by atoms with Crippen molar-refractivity contribution < 1.29 is 46.9 Å². The summed E-state index contributed by atoms with van der Waals surface area (Å²) >= 11 is 0. The van der Waals surface area contributed by atoms with Gasteiger partial charge in [-0.1, -0.05) is 0 Å². The fraction of sp³-hybridized carbons (Fsp3) is 0.207. The number of hydrogen-bond donors (Lipinski definition) is 3. The highest BCUT2D eigenvalue weighted by molar-refractivity contribution is 5.93. The van der Waals surface area contributed by atoms with Crippen molar-refractivity contribution in [1.82, 2.24) is 15.0 Å². The van der Waals surface area contributed by atoms with Gasteiger partial charge in [-0.25, -0.2) is 14.8 Å². The molecule has 1 fully saturated rings. The van der Waals surface area contributed by atoms with Gasteiger partial charge in [0.2, 0.25) is 5.91 Å². The minimum Gasteiger partial charge on any atom is -0.489 e. The van der Waals surface area contributed by atoms with Crippen LogP contribution < -0.4 is 14.8 Å². The lowest BCUT2D eigenvalue weighted by Crippen LogP contribution is -2.20. The Kier molecular flexibility index (Phi) is 6.96. The number of benzene rings is 2. The second-order valence-electron chi connectivity index (χ2n) is 9.85. The van der Waals surface area contributed by atoms with Crippen molar-refractivity contribution in [3.63, 3.8) is 0 Å². The lowest BCUT2D eigenvalue weighted by Gasteiger charge is -2.19. The predicted molar refractivity (Wildman–Crippen MR) is 143 cm³/mol. The van der Waals surface area contributed by atoms with E-state index >= 15 is 0 Å². The van der Waals surface area contributed by atoms with Crippen molar-refractivity contribution in [1.29, 1.82) is 0 Å². The Morgan fingerprint density at radius 1 is 1.12 bits per heavy atom. The van der Waals surface area contributed by atoms with E-state index < -0.39 is 17.7 Å². The Morgan fingerprint density at radius 2 is 1.95 bits per heavy atom. The molecule has 0 spiro atoms. The summed E-state index contributed by atoms with van der Waals surface area (Å²) in [6.07, 6.45) is -0.507. The fourth-order valence-electron chi connectivity index (χ4n) is 5.20. The largest absolute Gasteiger partial charge is 0.489 e. The molecular formula is C29H21F3N4O7. The van der Waals surface area contributed by atoms with Gasteiger partial charge in [-0.3, -0.25) is 9.59 Å². The number of aromatic nitrogens is 3. The topological polar surface area (TPSA) is 153 Å². The average molecular weight is 595 g/mol. The normalized spacial score (nSPS) is 19.7. The third-order valence-corrected chi connectivity index (χ3v) is 7.15. The van der Waals surface area contributed by atoms with Crippen molar-refractivity contribution in [3.05, 3.63) is 83.5 Å². The predicted octanol–water partition coefficient (Wildman–Crippen LogP) is 5.05. The third kappa shape index (κ3) is 5.58. The van der Waals surface area contributed by atoms with Crippen LogP contribution in [0.2, 0.25) is 0 Å². The smallest absolute Gasteiger partial charge is 0.416 e. The highest BCUT2D eigenvalue weighted by atomic mass is 19.4. The number of hydrogen-bond acceptors (Lipinski definition) is 8. The molecule has 0 saturated heterocycles. The van der Waals surface area contributed by atoms with E-state index in [1.807, 2.05) is 18.2 Å². The zero-order valence-corrected chi connectivity index (χ0v) is 21.9. The van der Waals surface area contributed by atoms with Gasteiger partial charge in [-0.2, -0.15) is 13.2 Å². The molecule has 4 heterocycles. The molecule has 11 nitrogen and oxygen atoms in total. The van der Waals surface area contributed by atoms with Crippen LogP contribution in [0, 0.1) is 0 Å². The van der Waals surface area contributed by atoms with Gasteiger partial charge in [0.25, 0.3) is 6.47 Å². The van der Waals surface area contributed by atoms with E-state index in [1.54, 1.807) is 12.3 Å². The average Bonchev–Trinajstić information content (AvgIpc) is 3.30. The third-order valence-electron chi connectivity index (χ3n) is 7.15. The number of H-pyrrole nitrogens is 1. The summed E-state index contributed by atoms with van der Waals surface area (Å²) in [5.74, 6) is 1.93. The van der Waals surface area contributed by atoms with E-state index in [-0.39, 0.29) is 30.3 Å². The van der Waals surface area contributed by atoms with Crippen LogP contribution in [0.1, 0.15) is 40.8 Å². The van der Waals surface area contributed by atoms with Gasteiger partial charge in [-0.05, 0) is 48.9 Å². The molecule has 3 N–H and O–H groups in total. The zero-order valence-electron chi connectivity index (χ0n) is 21.9. The summed E-state index contributed by atoms with van der Waals surface area (Å²) in [5.41, 5.74) is 1.96. The first-order valence-corrected chi connectivity index (χ1v) is 12.9. The second kappa shape index (κ2) is 10.8. The number of fused-ring (bicyclic) bond motifs is 5. The van der Waals surface area contributed by atoms with Crippen molar-refractivity contribution in [3.8, 4) is 17.2 Å². The molecule has 7 rings (SSSR count). The summed E-state index contributed by atoms with van der Waals surface area (Å²) < 4.78 is 55.3. The van der Waals surface area contributed by atoms with Crippen molar-refractivity contribution in [2.75, 3.05) is 5.32 Å². The number of carboxylic acids is 1. The van der Waals surface area contributed by atoms with Crippen LogP contribution in [-0.4, -0.2) is 44.5 Å². The zero-order chi connectivity index (χ0) is 30.3. The molecule has 14 heteroatoms. The van der Waals surface area contributed by atoms with Gasteiger partial charge in [0.05, 0.1) is 28.6 Å². The molecule has 1 unspecified atom stereocenters. The van der Waals surface area contributed by atoms with E-state index in [9.17, 15) is 27.6 Å². The molecule has 43 heavy (non-hydrogen) atoms. The number of pyridine rings is 1. The summed E-state index contributed by atoms with van der Waals surface area (Å²) in [6, 6.07) is 10.9. The summed E-state index contributed by atoms with van der Waals surface area (Å²) in [7, 11) is 0. The van der Waals surface area contributed by atoms with Crippen LogP contribution in [0.25, 0.3) is 11.0 Å². The van der Waals surface area contributed by atoms with Crippen LogP contribution in [0.5, 0.6) is 17.2 Å². The Labute approximate surface area is 240 Å². The standard InChI is InChI=1S/C25H17F3N4O3.C4H4O4/c26-25(27,28)11-1-4-15-16(9-11)31-24(30-15)21-20-14-10-12(2-5-17(14)35-22(20)21)34-18-7-8-29-23-13(18)3-6-19(33)32-23;5-3-8-2-1-4(6)7/h1-2,4-5,7-10,20-22H,3,6H2,(H,30,31)(H,29,32,33);1-3H,(H,6,7)/b;2-1-/t20-,21-,22?;/m0./s1. The Balaban J connectivity index is 0.000000365. The number of imidazole rings is 1. The number of rotatable bonds is 6. The summed E-state index contributed by atoms with van der Waals surface area (Å²) in [5, 5.41) is 10.6. The van der Waals surface area contributed by atoms with Crippen molar-refractivity contribution in [2.24, 2.45) is 0 Å². The van der Waals surface area contributed by atoms with Crippen molar-refractivity contribution >= 4 is 35.2 Å². The number of carbonyl (C=O) groups excluding carboxylic acids is 2. The molecule has 0 bridgehead atoms. The molecule has 4 aromatic rings. The number of ether oxygens (including phenoxy) is 3. The molecule has 2 aromatic carbocycles. The minimum atomic E-state index is -4.41. The number of aliphatic carboxylic acids is 1. The molecule has 2 aromatic heterocycles. The molecule has 3 aliphatic rings. The Morgan fingerprint density at radius 3 is 2.72 bits per heavy atom. The molecule has 1 saturated carbocycles. The number of halogens is 3. The summed E-state index contributed by atoms with van der Waals surface area (Å²) in [4.78, 5) is 42.4. The lowest BCUT2D eigenvalue weighted by atomic mass is 10.1. The number of carboxylic acid groups (broad SMARTS) is 1. The highest BCUT2D eigenvalue weighted by Gasteiger charge is 2.61.